The third-order valence-corrected chi connectivity index (χ3v) is 15.2. The molecule has 0 amide bonds. The highest BCUT2D eigenvalue weighted by molar-refractivity contribution is 7.25. The molecule has 5 heteroatoms. The standard InChI is InChI=1S/C50H34N2OS.C14H12O/c1-30(35-15-9-19-46-49(35)38-14-6-8-18-45(38)53-46)39-29-33(21-24-42(39)51)36-16-10-20-48-50(36)41-28-32(23-26-47(41)54-48)31-22-25-44-40(27-31)37-13-5-7-17-43(37)52(44)34-11-3-2-4-12-34;1-2-10-6-5-8-12-11-7-3-4-9-13(11)15-14(10)12/h2-23,25-29,42H,1,24,51H2;3-9H,2H2,1H3. The summed E-state index contributed by atoms with van der Waals surface area (Å²) in [6, 6.07) is 68.7. The van der Waals surface area contributed by atoms with E-state index < -0.39 is 0 Å². The molecule has 69 heavy (non-hydrogen) atoms. The number of aromatic nitrogens is 1. The summed E-state index contributed by atoms with van der Waals surface area (Å²) in [5, 5.41) is 9.68. The van der Waals surface area contributed by atoms with Gasteiger partial charge in [-0.25, -0.2) is 0 Å². The second kappa shape index (κ2) is 16.5. The van der Waals surface area contributed by atoms with Crippen LogP contribution in [0, 0.1) is 0 Å². The summed E-state index contributed by atoms with van der Waals surface area (Å²) in [6.45, 7) is 6.81. The van der Waals surface area contributed by atoms with E-state index in [0.29, 0.717) is 0 Å². The van der Waals surface area contributed by atoms with Crippen LogP contribution in [-0.4, -0.2) is 10.6 Å². The van der Waals surface area contributed by atoms with Crippen LogP contribution < -0.4 is 5.73 Å². The summed E-state index contributed by atoms with van der Waals surface area (Å²) in [6.07, 6.45) is 6.32. The average Bonchev–Trinajstić information content (AvgIpc) is 4.18. The van der Waals surface area contributed by atoms with Crippen LogP contribution in [0.5, 0.6) is 0 Å². The van der Waals surface area contributed by atoms with Crippen LogP contribution in [0.2, 0.25) is 0 Å². The van der Waals surface area contributed by atoms with Gasteiger partial charge in [-0.15, -0.1) is 11.3 Å². The van der Waals surface area contributed by atoms with Crippen molar-refractivity contribution in [1.82, 2.24) is 4.57 Å². The van der Waals surface area contributed by atoms with Gasteiger partial charge in [-0.3, -0.25) is 0 Å². The molecule has 1 aliphatic rings. The Balaban J connectivity index is 0.000000265. The van der Waals surface area contributed by atoms with Crippen LogP contribution in [0.4, 0.5) is 0 Å². The van der Waals surface area contributed by atoms with E-state index in [2.05, 4.69) is 188 Å². The maximum atomic E-state index is 6.87. The smallest absolute Gasteiger partial charge is 0.138 e. The Kier molecular flexibility index (Phi) is 9.82. The molecule has 0 radical (unpaired) electrons. The zero-order valence-corrected chi connectivity index (χ0v) is 38.9. The van der Waals surface area contributed by atoms with Crippen LogP contribution in [0.25, 0.3) is 114 Å². The molecule has 0 aliphatic heterocycles. The van der Waals surface area contributed by atoms with Gasteiger partial charge in [0.1, 0.15) is 22.3 Å². The van der Waals surface area contributed by atoms with Gasteiger partial charge in [0.05, 0.1) is 11.0 Å². The SMILES string of the molecule is C=C(C1=CC(c2cccc3sc4ccc(-c5ccc6c(c5)c5ccccc5n6-c5ccccc5)cc4c23)=CCC1N)c1cccc2oc3ccccc3c12.CCc1cccc2c1oc1ccccc12. The van der Waals surface area contributed by atoms with Crippen LogP contribution in [0.1, 0.15) is 30.0 Å². The molecule has 1 unspecified atom stereocenters. The monoisotopic (exact) mass is 906 g/mol. The molecule has 0 spiro atoms. The van der Waals surface area contributed by atoms with Gasteiger partial charge in [0, 0.05) is 64.2 Å². The molecule has 4 heterocycles. The Bertz CT molecular complexity index is 4250. The second-order valence-electron chi connectivity index (χ2n) is 18.0. The zero-order chi connectivity index (χ0) is 46.2. The van der Waals surface area contributed by atoms with Gasteiger partial charge < -0.3 is 19.1 Å². The quantitative estimate of drug-likeness (QED) is 0.181. The molecule has 4 nitrogen and oxygen atoms in total. The molecule has 14 rings (SSSR count). The molecule has 13 aromatic rings. The summed E-state index contributed by atoms with van der Waals surface area (Å²) in [5.41, 5.74) is 23.4. The minimum atomic E-state index is -0.151. The summed E-state index contributed by atoms with van der Waals surface area (Å²) in [7, 11) is 0. The van der Waals surface area contributed by atoms with Crippen molar-refractivity contribution in [2.24, 2.45) is 5.73 Å². The Hall–Kier alpha value is -8.22. The lowest BCUT2D eigenvalue weighted by Gasteiger charge is -2.23. The maximum absolute atomic E-state index is 6.87. The van der Waals surface area contributed by atoms with Gasteiger partial charge in [0.15, 0.2) is 0 Å². The summed E-state index contributed by atoms with van der Waals surface area (Å²) in [5.74, 6) is 0. The molecule has 0 fully saturated rings. The molecule has 0 bridgehead atoms. The number of hydrogen-bond acceptors (Lipinski definition) is 4. The first-order valence-electron chi connectivity index (χ1n) is 23.7. The van der Waals surface area contributed by atoms with E-state index in [1.54, 1.807) is 0 Å². The molecule has 9 aromatic carbocycles. The number of benzene rings is 9. The third-order valence-electron chi connectivity index (χ3n) is 14.1. The molecular weight excluding hydrogens is 861 g/mol. The minimum Gasteiger partial charge on any atom is -0.456 e. The second-order valence-corrected chi connectivity index (χ2v) is 19.1. The van der Waals surface area contributed by atoms with Crippen molar-refractivity contribution in [3.8, 4) is 16.8 Å². The van der Waals surface area contributed by atoms with E-state index in [9.17, 15) is 0 Å². The fraction of sp³-hybridized carbons (Fsp3) is 0.0625. The molecule has 0 saturated carbocycles. The summed E-state index contributed by atoms with van der Waals surface area (Å²) in [4.78, 5) is 0. The molecule has 1 aliphatic carbocycles. The molecule has 0 saturated heterocycles. The van der Waals surface area contributed by atoms with E-state index in [1.165, 1.54) is 86.3 Å². The maximum Gasteiger partial charge on any atom is 0.138 e. The van der Waals surface area contributed by atoms with E-state index in [-0.39, 0.29) is 6.04 Å². The average molecular weight is 907 g/mol. The number of furan rings is 2. The predicted molar refractivity (Wildman–Crippen MR) is 294 cm³/mol. The fourth-order valence-electron chi connectivity index (χ4n) is 10.7. The first kappa shape index (κ1) is 41.0. The van der Waals surface area contributed by atoms with E-state index >= 15 is 0 Å². The molecule has 2 N–H and O–H groups in total. The van der Waals surface area contributed by atoms with Gasteiger partial charge in [0.25, 0.3) is 0 Å². The Morgan fingerprint density at radius 1 is 0.580 bits per heavy atom. The van der Waals surface area contributed by atoms with Crippen molar-refractivity contribution in [2.75, 3.05) is 0 Å². The number of rotatable bonds is 6. The number of hydrogen-bond donors (Lipinski definition) is 1. The lowest BCUT2D eigenvalue weighted by Crippen LogP contribution is -2.24. The highest BCUT2D eigenvalue weighted by atomic mass is 32.1. The molecule has 4 aromatic heterocycles. The van der Waals surface area contributed by atoms with Crippen molar-refractivity contribution in [3.63, 3.8) is 0 Å². The number of nitrogens with two attached hydrogens (primary N) is 1. The van der Waals surface area contributed by atoms with Crippen LogP contribution in [-0.2, 0) is 6.42 Å². The zero-order valence-electron chi connectivity index (χ0n) is 38.1. The summed E-state index contributed by atoms with van der Waals surface area (Å²) < 4.78 is 17.0. The van der Waals surface area contributed by atoms with E-state index in [4.69, 9.17) is 14.6 Å². The first-order valence-corrected chi connectivity index (χ1v) is 24.5. The summed E-state index contributed by atoms with van der Waals surface area (Å²) >= 11 is 1.85. The number of para-hydroxylation sites is 5. The molecule has 1 atom stereocenters. The number of nitrogens with zero attached hydrogens (tertiary/aromatic N) is 1. The normalized spacial score (nSPS) is 14.0. The van der Waals surface area contributed by atoms with Crippen LogP contribution in [0.15, 0.2) is 227 Å². The van der Waals surface area contributed by atoms with Crippen molar-refractivity contribution in [1.29, 1.82) is 0 Å². The number of thiophene rings is 1. The topological polar surface area (TPSA) is 57.2 Å². The lowest BCUT2D eigenvalue weighted by atomic mass is 9.83. The van der Waals surface area contributed by atoms with Gasteiger partial charge in [0.2, 0.25) is 0 Å². The first-order chi connectivity index (χ1) is 34.0. The van der Waals surface area contributed by atoms with Crippen LogP contribution >= 0.6 is 11.3 Å². The predicted octanol–water partition coefficient (Wildman–Crippen LogP) is 17.6. The van der Waals surface area contributed by atoms with Crippen LogP contribution in [0.3, 0.4) is 0 Å². The van der Waals surface area contributed by atoms with Gasteiger partial charge in [-0.05, 0) is 130 Å². The van der Waals surface area contributed by atoms with Gasteiger partial charge >= 0.3 is 0 Å². The number of fused-ring (bicyclic) bond motifs is 12. The van der Waals surface area contributed by atoms with Crippen molar-refractivity contribution < 1.29 is 8.83 Å². The third kappa shape index (κ3) is 6.76. The van der Waals surface area contributed by atoms with E-state index in [0.717, 1.165) is 62.7 Å². The number of allylic oxidation sites excluding steroid dienone is 2. The fourth-order valence-corrected chi connectivity index (χ4v) is 11.8. The molecule has 330 valence electrons. The van der Waals surface area contributed by atoms with Gasteiger partial charge in [-0.1, -0.05) is 147 Å². The minimum absolute atomic E-state index is 0.151. The Morgan fingerprint density at radius 3 is 2.09 bits per heavy atom. The molecular formula is C64H46N2O2S. The largest absolute Gasteiger partial charge is 0.456 e. The Morgan fingerprint density at radius 2 is 1.25 bits per heavy atom. The van der Waals surface area contributed by atoms with Crippen molar-refractivity contribution in [3.05, 3.63) is 235 Å². The van der Waals surface area contributed by atoms with Crippen molar-refractivity contribution >= 4 is 108 Å². The highest BCUT2D eigenvalue weighted by Crippen LogP contribution is 2.44. The Labute approximate surface area is 403 Å². The lowest BCUT2D eigenvalue weighted by molar-refractivity contribution is 0.663. The van der Waals surface area contributed by atoms with Crippen molar-refractivity contribution in [2.45, 2.75) is 25.8 Å². The van der Waals surface area contributed by atoms with Gasteiger partial charge in [-0.2, -0.15) is 0 Å². The van der Waals surface area contributed by atoms with E-state index in [1.807, 2.05) is 47.7 Å². The highest BCUT2D eigenvalue weighted by Gasteiger charge is 2.23. The number of aryl methyl sites for hydroxylation is 1.